The molecule has 1 aromatic heterocycles. The fraction of sp³-hybridized carbons (Fsp3) is 0.400. The standard InChI is InChI=1S/C15H20N4/c1-11-4-7-19(8-5-11)9-6-15-17-13-3-2-12(16)10-14(13)18-15/h2-4,10H,5-9,16H2,1H3,(H,17,18). The van der Waals surface area contributed by atoms with Crippen molar-refractivity contribution in [3.8, 4) is 0 Å². The average molecular weight is 256 g/mol. The van der Waals surface area contributed by atoms with Crippen molar-refractivity contribution in [2.45, 2.75) is 19.8 Å². The smallest absolute Gasteiger partial charge is 0.108 e. The lowest BCUT2D eigenvalue weighted by atomic mass is 10.1. The molecule has 0 amide bonds. The van der Waals surface area contributed by atoms with E-state index in [1.807, 2.05) is 18.2 Å². The van der Waals surface area contributed by atoms with Gasteiger partial charge in [-0.05, 0) is 31.5 Å². The van der Waals surface area contributed by atoms with Gasteiger partial charge in [-0.25, -0.2) is 4.98 Å². The Hall–Kier alpha value is -1.81. The van der Waals surface area contributed by atoms with Gasteiger partial charge >= 0.3 is 0 Å². The molecule has 2 heterocycles. The molecule has 0 atom stereocenters. The van der Waals surface area contributed by atoms with Gasteiger partial charge in [0.1, 0.15) is 5.82 Å². The summed E-state index contributed by atoms with van der Waals surface area (Å²) in [5.74, 6) is 1.05. The van der Waals surface area contributed by atoms with Crippen LogP contribution in [0.3, 0.4) is 0 Å². The van der Waals surface area contributed by atoms with Crippen LogP contribution in [0.5, 0.6) is 0 Å². The number of nitrogen functional groups attached to an aromatic ring is 1. The van der Waals surface area contributed by atoms with Crippen molar-refractivity contribution in [2.24, 2.45) is 0 Å². The van der Waals surface area contributed by atoms with Crippen molar-refractivity contribution in [1.29, 1.82) is 0 Å². The Bertz CT molecular complexity index is 612. The van der Waals surface area contributed by atoms with Gasteiger partial charge in [0.15, 0.2) is 0 Å². The topological polar surface area (TPSA) is 57.9 Å². The summed E-state index contributed by atoms with van der Waals surface area (Å²) in [6.45, 7) is 5.49. The largest absolute Gasteiger partial charge is 0.399 e. The molecule has 0 radical (unpaired) electrons. The predicted molar refractivity (Wildman–Crippen MR) is 79.0 cm³/mol. The van der Waals surface area contributed by atoms with Crippen LogP contribution in [0.1, 0.15) is 19.2 Å². The highest BCUT2D eigenvalue weighted by Gasteiger charge is 2.10. The van der Waals surface area contributed by atoms with Gasteiger partial charge in [-0.15, -0.1) is 0 Å². The maximum Gasteiger partial charge on any atom is 0.108 e. The molecule has 4 heteroatoms. The van der Waals surface area contributed by atoms with Crippen LogP contribution in [0.2, 0.25) is 0 Å². The van der Waals surface area contributed by atoms with Crippen LogP contribution in [0.25, 0.3) is 11.0 Å². The maximum atomic E-state index is 5.77. The summed E-state index contributed by atoms with van der Waals surface area (Å²) in [5.41, 5.74) is 10.1. The van der Waals surface area contributed by atoms with E-state index in [0.717, 1.165) is 48.6 Å². The van der Waals surface area contributed by atoms with E-state index in [-0.39, 0.29) is 0 Å². The zero-order valence-electron chi connectivity index (χ0n) is 11.3. The SMILES string of the molecule is CC1=CCN(CCc2nc3ccc(N)cc3[nH]2)CC1. The minimum absolute atomic E-state index is 0.777. The first kappa shape index (κ1) is 12.2. The molecule has 0 bridgehead atoms. The van der Waals surface area contributed by atoms with Crippen molar-refractivity contribution in [3.63, 3.8) is 0 Å². The summed E-state index contributed by atoms with van der Waals surface area (Å²) in [5, 5.41) is 0. The van der Waals surface area contributed by atoms with Crippen LogP contribution in [-0.4, -0.2) is 34.5 Å². The highest BCUT2D eigenvalue weighted by molar-refractivity contribution is 5.78. The maximum absolute atomic E-state index is 5.77. The summed E-state index contributed by atoms with van der Waals surface area (Å²) in [6.07, 6.45) is 4.47. The first-order valence-corrected chi connectivity index (χ1v) is 6.83. The Kier molecular flexibility index (Phi) is 3.25. The van der Waals surface area contributed by atoms with E-state index >= 15 is 0 Å². The summed E-state index contributed by atoms with van der Waals surface area (Å²) in [7, 11) is 0. The Balaban J connectivity index is 1.65. The Morgan fingerprint density at radius 1 is 1.42 bits per heavy atom. The highest BCUT2D eigenvalue weighted by atomic mass is 15.1. The molecule has 3 N–H and O–H groups in total. The van der Waals surface area contributed by atoms with E-state index < -0.39 is 0 Å². The van der Waals surface area contributed by atoms with Crippen LogP contribution in [0.4, 0.5) is 5.69 Å². The second kappa shape index (κ2) is 5.05. The van der Waals surface area contributed by atoms with Crippen molar-refractivity contribution in [2.75, 3.05) is 25.4 Å². The van der Waals surface area contributed by atoms with Gasteiger partial charge in [0, 0.05) is 31.7 Å². The number of fused-ring (bicyclic) bond motifs is 1. The quantitative estimate of drug-likeness (QED) is 0.654. The number of nitrogens with two attached hydrogens (primary N) is 1. The molecular formula is C15H20N4. The number of hydrogen-bond donors (Lipinski definition) is 2. The highest BCUT2D eigenvalue weighted by Crippen LogP contribution is 2.16. The van der Waals surface area contributed by atoms with Crippen LogP contribution >= 0.6 is 0 Å². The molecule has 0 saturated carbocycles. The van der Waals surface area contributed by atoms with Crippen LogP contribution in [0, 0.1) is 0 Å². The lowest BCUT2D eigenvalue weighted by Gasteiger charge is -2.24. The lowest BCUT2D eigenvalue weighted by Crippen LogP contribution is -2.30. The molecule has 2 aromatic rings. The number of benzene rings is 1. The van der Waals surface area contributed by atoms with E-state index in [0.29, 0.717) is 0 Å². The number of nitrogens with one attached hydrogen (secondary N) is 1. The van der Waals surface area contributed by atoms with Crippen molar-refractivity contribution >= 4 is 16.7 Å². The zero-order valence-corrected chi connectivity index (χ0v) is 11.3. The Morgan fingerprint density at radius 2 is 2.32 bits per heavy atom. The van der Waals surface area contributed by atoms with Gasteiger partial charge in [0.2, 0.25) is 0 Å². The van der Waals surface area contributed by atoms with Gasteiger partial charge in [0.25, 0.3) is 0 Å². The third-order valence-electron chi connectivity index (χ3n) is 3.74. The average Bonchev–Trinajstić information content (AvgIpc) is 2.80. The number of aromatic nitrogens is 2. The van der Waals surface area contributed by atoms with Crippen molar-refractivity contribution in [1.82, 2.24) is 14.9 Å². The predicted octanol–water partition coefficient (Wildman–Crippen LogP) is 2.34. The number of aromatic amines is 1. The second-order valence-electron chi connectivity index (χ2n) is 5.31. The number of imidazole rings is 1. The minimum Gasteiger partial charge on any atom is -0.399 e. The van der Waals surface area contributed by atoms with Crippen LogP contribution in [0.15, 0.2) is 29.8 Å². The fourth-order valence-electron chi connectivity index (χ4n) is 2.48. The minimum atomic E-state index is 0.777. The molecule has 0 fully saturated rings. The molecular weight excluding hydrogens is 236 g/mol. The van der Waals surface area contributed by atoms with E-state index in [1.165, 1.54) is 12.0 Å². The van der Waals surface area contributed by atoms with Gasteiger partial charge in [0.05, 0.1) is 11.0 Å². The molecule has 19 heavy (non-hydrogen) atoms. The van der Waals surface area contributed by atoms with Crippen molar-refractivity contribution < 1.29 is 0 Å². The number of anilines is 1. The van der Waals surface area contributed by atoms with Gasteiger partial charge < -0.3 is 10.7 Å². The van der Waals surface area contributed by atoms with Crippen molar-refractivity contribution in [3.05, 3.63) is 35.7 Å². The molecule has 0 aliphatic carbocycles. The lowest BCUT2D eigenvalue weighted by molar-refractivity contribution is 0.296. The van der Waals surface area contributed by atoms with E-state index in [1.54, 1.807) is 0 Å². The second-order valence-corrected chi connectivity index (χ2v) is 5.31. The molecule has 1 aliphatic rings. The Labute approximate surface area is 113 Å². The number of rotatable bonds is 3. The monoisotopic (exact) mass is 256 g/mol. The molecule has 100 valence electrons. The van der Waals surface area contributed by atoms with Crippen LogP contribution in [-0.2, 0) is 6.42 Å². The zero-order chi connectivity index (χ0) is 13.2. The molecule has 1 aromatic carbocycles. The van der Waals surface area contributed by atoms with Gasteiger partial charge in [-0.1, -0.05) is 11.6 Å². The number of hydrogen-bond acceptors (Lipinski definition) is 3. The van der Waals surface area contributed by atoms with E-state index in [9.17, 15) is 0 Å². The first-order valence-electron chi connectivity index (χ1n) is 6.83. The number of nitrogens with zero attached hydrogens (tertiary/aromatic N) is 2. The molecule has 0 spiro atoms. The molecule has 0 saturated heterocycles. The fourth-order valence-corrected chi connectivity index (χ4v) is 2.48. The Morgan fingerprint density at radius 3 is 3.11 bits per heavy atom. The summed E-state index contributed by atoms with van der Waals surface area (Å²) < 4.78 is 0. The summed E-state index contributed by atoms with van der Waals surface area (Å²) in [4.78, 5) is 10.4. The summed E-state index contributed by atoms with van der Waals surface area (Å²) in [6, 6.07) is 5.81. The molecule has 3 rings (SSSR count). The van der Waals surface area contributed by atoms with Gasteiger partial charge in [-0.3, -0.25) is 4.90 Å². The first-order chi connectivity index (χ1) is 9.20. The normalized spacial score (nSPS) is 16.8. The molecule has 4 nitrogen and oxygen atoms in total. The summed E-state index contributed by atoms with van der Waals surface area (Å²) >= 11 is 0. The van der Waals surface area contributed by atoms with E-state index in [4.69, 9.17) is 5.73 Å². The van der Waals surface area contributed by atoms with E-state index in [2.05, 4.69) is 27.9 Å². The van der Waals surface area contributed by atoms with Gasteiger partial charge in [-0.2, -0.15) is 0 Å². The molecule has 1 aliphatic heterocycles. The van der Waals surface area contributed by atoms with Crippen LogP contribution < -0.4 is 5.73 Å². The third kappa shape index (κ3) is 2.79. The molecule has 0 unspecified atom stereocenters. The third-order valence-corrected chi connectivity index (χ3v) is 3.74. The number of H-pyrrole nitrogens is 1.